The van der Waals surface area contributed by atoms with Crippen LogP contribution in [-0.2, 0) is 17.8 Å². The molecule has 0 unspecified atom stereocenters. The average molecular weight is 370 g/mol. The Morgan fingerprint density at radius 1 is 1.19 bits per heavy atom. The summed E-state index contributed by atoms with van der Waals surface area (Å²) in [6.07, 6.45) is 0.230. The fourth-order valence-electron chi connectivity index (χ4n) is 2.49. The number of nitrogens with one attached hydrogen (secondary N) is 1. The molecule has 4 nitrogen and oxygen atoms in total. The number of benzene rings is 2. The van der Waals surface area contributed by atoms with Gasteiger partial charge in [0.25, 0.3) is 0 Å². The van der Waals surface area contributed by atoms with Gasteiger partial charge in [0.2, 0.25) is 5.91 Å². The largest absolute Gasteiger partial charge is 0.497 e. The molecule has 6 heteroatoms. The quantitative estimate of drug-likeness (QED) is 0.710. The molecular weight excluding hydrogens is 351 g/mol. The van der Waals surface area contributed by atoms with Gasteiger partial charge in [0.15, 0.2) is 0 Å². The molecule has 0 saturated heterocycles. The van der Waals surface area contributed by atoms with Gasteiger partial charge in [0.05, 0.1) is 19.2 Å². The molecule has 0 atom stereocenters. The lowest BCUT2D eigenvalue weighted by Gasteiger charge is -2.06. The molecular formula is C20H19FN2O2S. The zero-order valence-corrected chi connectivity index (χ0v) is 15.4. The highest BCUT2D eigenvalue weighted by atomic mass is 32.1. The van der Waals surface area contributed by atoms with E-state index in [0.717, 1.165) is 21.9 Å². The van der Waals surface area contributed by atoms with Crippen molar-refractivity contribution in [1.29, 1.82) is 0 Å². The highest BCUT2D eigenvalue weighted by molar-refractivity contribution is 7.15. The van der Waals surface area contributed by atoms with Crippen molar-refractivity contribution in [2.45, 2.75) is 19.9 Å². The van der Waals surface area contributed by atoms with Crippen molar-refractivity contribution in [2.75, 3.05) is 7.11 Å². The van der Waals surface area contributed by atoms with Crippen molar-refractivity contribution in [3.63, 3.8) is 0 Å². The van der Waals surface area contributed by atoms with Gasteiger partial charge in [-0.05, 0) is 36.8 Å². The number of carbonyl (C=O) groups excluding carboxylic acids is 1. The number of aryl methyl sites for hydroxylation is 1. The first-order chi connectivity index (χ1) is 12.6. The van der Waals surface area contributed by atoms with E-state index in [2.05, 4.69) is 10.3 Å². The second-order valence-electron chi connectivity index (χ2n) is 5.81. The molecule has 1 aromatic heterocycles. The lowest BCUT2D eigenvalue weighted by molar-refractivity contribution is -0.120. The zero-order chi connectivity index (χ0) is 18.5. The Bertz CT molecular complexity index is 906. The molecule has 0 aliphatic carbocycles. The van der Waals surface area contributed by atoms with Crippen molar-refractivity contribution in [3.05, 3.63) is 70.5 Å². The molecule has 0 spiro atoms. The van der Waals surface area contributed by atoms with Crippen LogP contribution >= 0.6 is 11.3 Å². The number of aromatic nitrogens is 1. The zero-order valence-electron chi connectivity index (χ0n) is 14.6. The number of rotatable bonds is 6. The number of halogens is 1. The molecule has 0 radical (unpaired) electrons. The molecule has 0 saturated carbocycles. The Kier molecular flexibility index (Phi) is 5.63. The average Bonchev–Trinajstić information content (AvgIpc) is 3.01. The molecule has 0 bridgehead atoms. The molecule has 1 heterocycles. The third-order valence-corrected chi connectivity index (χ3v) is 5.16. The number of nitrogens with zero attached hydrogens (tertiary/aromatic N) is 1. The van der Waals surface area contributed by atoms with E-state index in [-0.39, 0.29) is 18.1 Å². The number of carbonyl (C=O) groups is 1. The molecule has 0 aliphatic heterocycles. The molecule has 3 aromatic rings. The van der Waals surface area contributed by atoms with Crippen LogP contribution in [0.4, 0.5) is 4.39 Å². The number of methoxy groups -OCH3 is 1. The Hall–Kier alpha value is -2.73. The molecule has 0 aliphatic rings. The topological polar surface area (TPSA) is 51.2 Å². The van der Waals surface area contributed by atoms with E-state index in [9.17, 15) is 9.18 Å². The van der Waals surface area contributed by atoms with Crippen molar-refractivity contribution in [2.24, 2.45) is 0 Å². The van der Waals surface area contributed by atoms with Crippen LogP contribution in [0.25, 0.3) is 10.6 Å². The Labute approximate surface area is 155 Å². The highest BCUT2D eigenvalue weighted by Crippen LogP contribution is 2.29. The van der Waals surface area contributed by atoms with Gasteiger partial charge in [-0.15, -0.1) is 11.3 Å². The van der Waals surface area contributed by atoms with Crippen LogP contribution in [0.5, 0.6) is 5.75 Å². The van der Waals surface area contributed by atoms with Gasteiger partial charge < -0.3 is 10.1 Å². The van der Waals surface area contributed by atoms with Gasteiger partial charge in [-0.2, -0.15) is 0 Å². The van der Waals surface area contributed by atoms with Crippen LogP contribution < -0.4 is 10.1 Å². The first-order valence-electron chi connectivity index (χ1n) is 8.17. The van der Waals surface area contributed by atoms with Crippen LogP contribution in [0.1, 0.15) is 16.1 Å². The number of ether oxygens (including phenoxy) is 1. The van der Waals surface area contributed by atoms with Crippen LogP contribution in [0.3, 0.4) is 0 Å². The highest BCUT2D eigenvalue weighted by Gasteiger charge is 2.15. The predicted octanol–water partition coefficient (Wildman–Crippen LogP) is 4.13. The van der Waals surface area contributed by atoms with Crippen LogP contribution in [-0.4, -0.2) is 18.0 Å². The summed E-state index contributed by atoms with van der Waals surface area (Å²) in [7, 11) is 1.61. The monoisotopic (exact) mass is 370 g/mol. The van der Waals surface area contributed by atoms with Crippen molar-refractivity contribution in [1.82, 2.24) is 10.3 Å². The second-order valence-corrected chi connectivity index (χ2v) is 6.89. The summed E-state index contributed by atoms with van der Waals surface area (Å²) < 4.78 is 19.0. The van der Waals surface area contributed by atoms with Crippen LogP contribution in [0.2, 0.25) is 0 Å². The van der Waals surface area contributed by atoms with Gasteiger partial charge in [0.1, 0.15) is 16.6 Å². The van der Waals surface area contributed by atoms with Crippen LogP contribution in [0, 0.1) is 12.7 Å². The maximum absolute atomic E-state index is 13.9. The first kappa shape index (κ1) is 18.1. The minimum atomic E-state index is -0.309. The Morgan fingerprint density at radius 3 is 2.62 bits per heavy atom. The molecule has 1 amide bonds. The van der Waals surface area contributed by atoms with E-state index >= 15 is 0 Å². The maximum atomic E-state index is 13.9. The molecule has 1 N–H and O–H groups in total. The Morgan fingerprint density at radius 2 is 1.92 bits per heavy atom. The standard InChI is InChI=1S/C20H19FN2O2S/c1-13-18(26-20(23-13)16-5-3-4-6-17(16)21)11-19(24)22-12-14-7-9-15(25-2)10-8-14/h3-10H,11-12H2,1-2H3,(H,22,24). The van der Waals surface area contributed by atoms with E-state index in [0.29, 0.717) is 17.1 Å². The molecule has 0 fully saturated rings. The van der Waals surface area contributed by atoms with Crippen molar-refractivity contribution in [3.8, 4) is 16.3 Å². The van der Waals surface area contributed by atoms with Gasteiger partial charge in [-0.1, -0.05) is 24.3 Å². The summed E-state index contributed by atoms with van der Waals surface area (Å²) in [5.74, 6) is 0.380. The molecule has 26 heavy (non-hydrogen) atoms. The fraction of sp³-hybridized carbons (Fsp3) is 0.200. The van der Waals surface area contributed by atoms with Gasteiger partial charge in [-0.3, -0.25) is 4.79 Å². The molecule has 3 rings (SSSR count). The van der Waals surface area contributed by atoms with Crippen molar-refractivity contribution >= 4 is 17.2 Å². The first-order valence-corrected chi connectivity index (χ1v) is 8.99. The summed E-state index contributed by atoms with van der Waals surface area (Å²) in [6.45, 7) is 2.29. The van der Waals surface area contributed by atoms with Gasteiger partial charge >= 0.3 is 0 Å². The molecule has 134 valence electrons. The summed E-state index contributed by atoms with van der Waals surface area (Å²) >= 11 is 1.35. The summed E-state index contributed by atoms with van der Waals surface area (Å²) in [6, 6.07) is 14.1. The lowest BCUT2D eigenvalue weighted by atomic mass is 10.2. The van der Waals surface area contributed by atoms with Crippen molar-refractivity contribution < 1.29 is 13.9 Å². The summed E-state index contributed by atoms with van der Waals surface area (Å²) in [5, 5.41) is 3.49. The van der Waals surface area contributed by atoms with Gasteiger partial charge in [-0.25, -0.2) is 9.37 Å². The molecule has 2 aromatic carbocycles. The normalized spacial score (nSPS) is 10.6. The third kappa shape index (κ3) is 4.26. The van der Waals surface area contributed by atoms with E-state index in [1.807, 2.05) is 31.2 Å². The summed E-state index contributed by atoms with van der Waals surface area (Å²) in [5.41, 5.74) is 2.21. The minimum absolute atomic E-state index is 0.0901. The van der Waals surface area contributed by atoms with E-state index in [1.54, 1.807) is 25.3 Å². The lowest BCUT2D eigenvalue weighted by Crippen LogP contribution is -2.24. The van der Waals surface area contributed by atoms with Gasteiger partial charge in [0, 0.05) is 17.0 Å². The predicted molar refractivity (Wildman–Crippen MR) is 101 cm³/mol. The summed E-state index contributed by atoms with van der Waals surface area (Å²) in [4.78, 5) is 17.5. The minimum Gasteiger partial charge on any atom is -0.497 e. The SMILES string of the molecule is COc1ccc(CNC(=O)Cc2sc(-c3ccccc3F)nc2C)cc1. The number of amides is 1. The third-order valence-electron chi connectivity index (χ3n) is 3.97. The van der Waals surface area contributed by atoms with E-state index < -0.39 is 0 Å². The smallest absolute Gasteiger partial charge is 0.225 e. The van der Waals surface area contributed by atoms with E-state index in [4.69, 9.17) is 4.74 Å². The number of hydrogen-bond donors (Lipinski definition) is 1. The van der Waals surface area contributed by atoms with Crippen LogP contribution in [0.15, 0.2) is 48.5 Å². The Balaban J connectivity index is 1.63. The van der Waals surface area contributed by atoms with E-state index in [1.165, 1.54) is 17.4 Å². The second kappa shape index (κ2) is 8.10. The number of thiazole rings is 1. The maximum Gasteiger partial charge on any atom is 0.225 e. The number of hydrogen-bond acceptors (Lipinski definition) is 4. The fourth-order valence-corrected chi connectivity index (χ4v) is 3.58.